The third-order valence-electron chi connectivity index (χ3n) is 18.7. The number of esters is 2. The van der Waals surface area contributed by atoms with Crippen LogP contribution in [0.3, 0.4) is 0 Å². The van der Waals surface area contributed by atoms with Gasteiger partial charge in [0.15, 0.2) is 6.10 Å². The molecule has 0 bridgehead atoms. The first-order valence-electron chi connectivity index (χ1n) is 40.5. The van der Waals surface area contributed by atoms with E-state index in [2.05, 4.69) is 38.2 Å². The van der Waals surface area contributed by atoms with Gasteiger partial charge in [-0.15, -0.1) is 0 Å². The normalized spacial score (nSPS) is 12.7. The molecule has 2 unspecified atom stereocenters. The van der Waals surface area contributed by atoms with E-state index in [0.717, 1.165) is 44.9 Å². The molecule has 0 amide bonds. The van der Waals surface area contributed by atoms with Gasteiger partial charge in [0, 0.05) is 12.8 Å². The third-order valence-corrected chi connectivity index (χ3v) is 18.7. The molecular weight excluding hydrogens is 1130 g/mol. The smallest absolute Gasteiger partial charge is 0.361 e. The van der Waals surface area contributed by atoms with Crippen LogP contribution < -0.4 is 0 Å². The van der Waals surface area contributed by atoms with Crippen LogP contribution in [0.25, 0.3) is 0 Å². The van der Waals surface area contributed by atoms with Crippen LogP contribution in [0.4, 0.5) is 0 Å². The third kappa shape index (κ3) is 75.0. The van der Waals surface area contributed by atoms with Crippen molar-refractivity contribution in [3.8, 4) is 0 Å². The van der Waals surface area contributed by atoms with E-state index in [0.29, 0.717) is 17.4 Å². The molecule has 9 heteroatoms. The Morgan fingerprint density at radius 1 is 0.330 bits per heavy atom. The summed E-state index contributed by atoms with van der Waals surface area (Å²) in [5.74, 6) is -1.97. The number of aliphatic carboxylic acids is 1. The molecule has 0 aromatic heterocycles. The van der Waals surface area contributed by atoms with Gasteiger partial charge in [-0.3, -0.25) is 9.59 Å². The molecule has 1 N–H and O–H groups in total. The van der Waals surface area contributed by atoms with Crippen molar-refractivity contribution in [3.05, 3.63) is 24.3 Å². The van der Waals surface area contributed by atoms with Crippen LogP contribution in [-0.4, -0.2) is 87.4 Å². The van der Waals surface area contributed by atoms with Gasteiger partial charge in [0.25, 0.3) is 6.29 Å². The molecule has 0 heterocycles. The lowest BCUT2D eigenvalue weighted by Gasteiger charge is -2.25. The molecule has 0 aromatic rings. The van der Waals surface area contributed by atoms with E-state index in [1.807, 2.05) is 21.1 Å². The molecule has 0 rings (SSSR count). The van der Waals surface area contributed by atoms with Crippen LogP contribution in [0.2, 0.25) is 0 Å². The summed E-state index contributed by atoms with van der Waals surface area (Å²) in [5, 5.41) is 9.77. The zero-order valence-electron chi connectivity index (χ0n) is 61.8. The summed E-state index contributed by atoms with van der Waals surface area (Å²) in [6.07, 6.45) is 90.6. The van der Waals surface area contributed by atoms with Crippen molar-refractivity contribution in [3.63, 3.8) is 0 Å². The van der Waals surface area contributed by atoms with Gasteiger partial charge < -0.3 is 28.5 Å². The van der Waals surface area contributed by atoms with Gasteiger partial charge in [0.2, 0.25) is 0 Å². The topological polar surface area (TPSA) is 108 Å². The maximum Gasteiger partial charge on any atom is 0.361 e. The van der Waals surface area contributed by atoms with E-state index >= 15 is 0 Å². The molecule has 0 aromatic carbocycles. The number of carboxylic acids is 1. The monoisotopic (exact) mass is 1290 g/mol. The summed E-state index contributed by atoms with van der Waals surface area (Å²) in [4.78, 5) is 37.7. The highest BCUT2D eigenvalue weighted by atomic mass is 16.7. The first-order chi connectivity index (χ1) is 44.6. The maximum absolute atomic E-state index is 13.0. The van der Waals surface area contributed by atoms with Crippen LogP contribution in [0.1, 0.15) is 425 Å². The van der Waals surface area contributed by atoms with Gasteiger partial charge in [0.05, 0.1) is 34.4 Å². The van der Waals surface area contributed by atoms with Gasteiger partial charge in [-0.05, 0) is 44.9 Å². The van der Waals surface area contributed by atoms with Gasteiger partial charge in [0.1, 0.15) is 13.2 Å². The number of unbranched alkanes of at least 4 members (excludes halogenated alkanes) is 58. The van der Waals surface area contributed by atoms with E-state index in [1.54, 1.807) is 0 Å². The highest BCUT2D eigenvalue weighted by Crippen LogP contribution is 2.20. The predicted molar refractivity (Wildman–Crippen MR) is 392 cm³/mol. The number of ether oxygens (including phenoxy) is 4. The fraction of sp³-hybridized carbons (Fsp3) is 0.915. The second-order valence-corrected chi connectivity index (χ2v) is 29.1. The number of hydrogen-bond donors (Lipinski definition) is 1. The minimum atomic E-state index is -1.51. The van der Waals surface area contributed by atoms with Crippen LogP contribution in [-0.2, 0) is 33.3 Å². The number of carboxylic acid groups (broad SMARTS) is 1. The number of allylic oxidation sites excluding steroid dienone is 4. The molecule has 538 valence electrons. The summed E-state index contributed by atoms with van der Waals surface area (Å²) >= 11 is 0. The summed E-state index contributed by atoms with van der Waals surface area (Å²) in [6.45, 7) is 4.96. The van der Waals surface area contributed by atoms with Crippen molar-refractivity contribution in [1.82, 2.24) is 0 Å². The molecule has 0 radical (unpaired) electrons. The van der Waals surface area contributed by atoms with Crippen LogP contribution in [0.15, 0.2) is 24.3 Å². The zero-order chi connectivity index (χ0) is 66.1. The molecular formula is C82H158NO8+. The van der Waals surface area contributed by atoms with Gasteiger partial charge >= 0.3 is 17.9 Å². The second-order valence-electron chi connectivity index (χ2n) is 29.1. The van der Waals surface area contributed by atoms with E-state index < -0.39 is 18.4 Å². The minimum Gasteiger partial charge on any atom is -0.477 e. The Bertz CT molecular complexity index is 1540. The van der Waals surface area contributed by atoms with E-state index in [4.69, 9.17) is 18.9 Å². The van der Waals surface area contributed by atoms with Crippen molar-refractivity contribution in [2.24, 2.45) is 0 Å². The minimum absolute atomic E-state index is 0.175. The van der Waals surface area contributed by atoms with Gasteiger partial charge in [-0.2, -0.15) is 0 Å². The quantitative estimate of drug-likeness (QED) is 0.0211. The SMILES string of the molecule is CCCCCCC/C=C\C/C=C\CCCCCCCCCCCCCCCCCCCC(=O)OC(COC(=O)CCCCCCCCCCCCCCCCCCCCCCCCCCCCCCCCCCCCCCC)COC(OCC[N+](C)(C)C)C(=O)O. The van der Waals surface area contributed by atoms with E-state index in [9.17, 15) is 19.5 Å². The molecule has 9 nitrogen and oxygen atoms in total. The molecule has 0 aliphatic rings. The van der Waals surface area contributed by atoms with Crippen molar-refractivity contribution in [1.29, 1.82) is 0 Å². The van der Waals surface area contributed by atoms with Crippen molar-refractivity contribution < 1.29 is 42.9 Å². The number of carbonyl (C=O) groups is 3. The van der Waals surface area contributed by atoms with Crippen LogP contribution in [0.5, 0.6) is 0 Å². The molecule has 0 aliphatic heterocycles. The molecule has 0 fully saturated rings. The average Bonchev–Trinajstić information content (AvgIpc) is 3.66. The fourth-order valence-corrected chi connectivity index (χ4v) is 12.5. The second kappa shape index (κ2) is 73.6. The fourth-order valence-electron chi connectivity index (χ4n) is 12.5. The Kier molecular flexibility index (Phi) is 71.8. The molecule has 0 saturated carbocycles. The Morgan fingerprint density at radius 3 is 0.868 bits per heavy atom. The zero-order valence-corrected chi connectivity index (χ0v) is 61.8. The van der Waals surface area contributed by atoms with Crippen molar-refractivity contribution in [2.45, 2.75) is 437 Å². The van der Waals surface area contributed by atoms with Gasteiger partial charge in [-0.25, -0.2) is 4.79 Å². The molecule has 0 aliphatic carbocycles. The first-order valence-corrected chi connectivity index (χ1v) is 40.5. The van der Waals surface area contributed by atoms with Gasteiger partial charge in [-0.1, -0.05) is 391 Å². The summed E-state index contributed by atoms with van der Waals surface area (Å²) in [6, 6.07) is 0. The number of hydrogen-bond acceptors (Lipinski definition) is 7. The van der Waals surface area contributed by atoms with Crippen LogP contribution >= 0.6 is 0 Å². The highest BCUT2D eigenvalue weighted by molar-refractivity contribution is 5.71. The van der Waals surface area contributed by atoms with Crippen molar-refractivity contribution >= 4 is 17.9 Å². The number of nitrogens with zero attached hydrogens (tertiary/aromatic N) is 1. The lowest BCUT2D eigenvalue weighted by molar-refractivity contribution is -0.870. The molecule has 0 saturated heterocycles. The van der Waals surface area contributed by atoms with E-state index in [-0.39, 0.29) is 38.2 Å². The molecule has 2 atom stereocenters. The number of rotatable bonds is 77. The highest BCUT2D eigenvalue weighted by Gasteiger charge is 2.25. The lowest BCUT2D eigenvalue weighted by atomic mass is 10.0. The predicted octanol–water partition coefficient (Wildman–Crippen LogP) is 25.7. The Labute approximate surface area is 567 Å². The summed E-state index contributed by atoms with van der Waals surface area (Å²) < 4.78 is 23.1. The summed E-state index contributed by atoms with van der Waals surface area (Å²) in [7, 11) is 6.00. The maximum atomic E-state index is 13.0. The van der Waals surface area contributed by atoms with Crippen LogP contribution in [0, 0.1) is 0 Å². The molecule has 0 spiro atoms. The number of likely N-dealkylation sites (N-methyl/N-ethyl adjacent to an activating group) is 1. The lowest BCUT2D eigenvalue weighted by Crippen LogP contribution is -2.40. The molecule has 91 heavy (non-hydrogen) atoms. The Morgan fingerprint density at radius 2 is 0.593 bits per heavy atom. The average molecular weight is 1290 g/mol. The first kappa shape index (κ1) is 88.8. The van der Waals surface area contributed by atoms with Crippen molar-refractivity contribution in [2.75, 3.05) is 47.5 Å². The standard InChI is InChI=1S/C82H157NO8/c1-6-8-10-12-14-16-18-20-22-24-26-28-30-32-34-36-37-38-39-40-41-42-43-45-46-48-50-52-54-56-58-60-62-64-66-68-70-72-79(84)89-76-78(77-90-82(81(86)87)88-75-74-83(3,4)5)91-80(85)73-71-69-67-65-63-61-59-57-55-53-51-49-47-44-35-33-31-29-27-25-23-21-19-17-15-13-11-9-7-2/h19,21,25,27,78,82H,6-18,20,22-24,26,28-77H2,1-5H3/p+1/b21-19-,27-25-. The Hall–Kier alpha value is -2.23. The summed E-state index contributed by atoms with van der Waals surface area (Å²) in [5.41, 5.74) is 0. The largest absolute Gasteiger partial charge is 0.477 e. The number of quaternary nitrogens is 1. The number of carbonyl (C=O) groups excluding carboxylic acids is 2. The van der Waals surface area contributed by atoms with E-state index in [1.165, 1.54) is 353 Å². The Balaban J connectivity index is 3.94.